The van der Waals surface area contributed by atoms with Crippen LogP contribution in [0.1, 0.15) is 12.8 Å². The van der Waals surface area contributed by atoms with Gasteiger partial charge >= 0.3 is 0 Å². The Balaban J connectivity index is 1.45. The van der Waals surface area contributed by atoms with Crippen LogP contribution in [0.4, 0.5) is 21.8 Å². The van der Waals surface area contributed by atoms with E-state index >= 15 is 0 Å². The zero-order chi connectivity index (χ0) is 20.0. The maximum Gasteiger partial charge on any atom is 0.226 e. The molecule has 1 aromatic carbocycles. The number of aromatic nitrogens is 4. The van der Waals surface area contributed by atoms with Crippen molar-refractivity contribution in [3.63, 3.8) is 0 Å². The van der Waals surface area contributed by atoms with Crippen molar-refractivity contribution in [2.75, 3.05) is 43.4 Å². The minimum atomic E-state index is -0.463. The molecule has 0 aliphatic carbocycles. The molecular weight excluding hydrogens is 393 g/mol. The van der Waals surface area contributed by atoms with Crippen LogP contribution in [-0.4, -0.2) is 58.1 Å². The number of nitrogens with zero attached hydrogens (tertiary/aromatic N) is 6. The Bertz CT molecular complexity index is 1080. The highest BCUT2D eigenvalue weighted by Gasteiger charge is 2.43. The number of benzene rings is 1. The van der Waals surface area contributed by atoms with Crippen LogP contribution >= 0.6 is 11.6 Å². The van der Waals surface area contributed by atoms with Crippen LogP contribution in [0.5, 0.6) is 0 Å². The van der Waals surface area contributed by atoms with Crippen molar-refractivity contribution in [1.82, 2.24) is 24.8 Å². The molecule has 0 amide bonds. The van der Waals surface area contributed by atoms with Crippen LogP contribution in [0.15, 0.2) is 30.7 Å². The van der Waals surface area contributed by atoms with Crippen molar-refractivity contribution >= 4 is 40.1 Å². The minimum Gasteiger partial charge on any atom is -0.340 e. The van der Waals surface area contributed by atoms with E-state index in [-0.39, 0.29) is 5.02 Å². The molecule has 7 nitrogen and oxygen atoms in total. The smallest absolute Gasteiger partial charge is 0.226 e. The van der Waals surface area contributed by atoms with Crippen molar-refractivity contribution in [1.29, 1.82) is 0 Å². The Morgan fingerprint density at radius 1 is 1.14 bits per heavy atom. The van der Waals surface area contributed by atoms with E-state index in [1.54, 1.807) is 12.3 Å². The number of rotatable bonds is 3. The summed E-state index contributed by atoms with van der Waals surface area (Å²) in [6.07, 6.45) is 5.56. The molecule has 0 saturated carbocycles. The van der Waals surface area contributed by atoms with E-state index in [2.05, 4.69) is 37.1 Å². The topological polar surface area (TPSA) is 70.1 Å². The summed E-state index contributed by atoms with van der Waals surface area (Å²) >= 11 is 5.90. The molecule has 2 aliphatic rings. The highest BCUT2D eigenvalue weighted by molar-refractivity contribution is 6.31. The van der Waals surface area contributed by atoms with Gasteiger partial charge in [-0.15, -0.1) is 0 Å². The molecule has 2 aliphatic heterocycles. The highest BCUT2D eigenvalue weighted by atomic mass is 35.5. The normalized spacial score (nSPS) is 22.1. The van der Waals surface area contributed by atoms with E-state index in [1.165, 1.54) is 24.9 Å². The van der Waals surface area contributed by atoms with Crippen molar-refractivity contribution in [2.24, 2.45) is 5.41 Å². The monoisotopic (exact) mass is 413 g/mol. The predicted molar refractivity (Wildman–Crippen MR) is 111 cm³/mol. The molecular formula is C20H21ClFN7. The summed E-state index contributed by atoms with van der Waals surface area (Å²) < 4.78 is 13.5. The van der Waals surface area contributed by atoms with Gasteiger partial charge in [0, 0.05) is 30.7 Å². The van der Waals surface area contributed by atoms with Crippen molar-refractivity contribution in [3.05, 3.63) is 41.6 Å². The van der Waals surface area contributed by atoms with Gasteiger partial charge in [0.2, 0.25) is 5.95 Å². The number of hydrogen-bond acceptors (Lipinski definition) is 7. The lowest BCUT2D eigenvalue weighted by Gasteiger charge is -2.23. The Kier molecular flexibility index (Phi) is 4.48. The molecule has 2 aromatic heterocycles. The molecule has 3 aromatic rings. The number of nitrogens with one attached hydrogen (secondary N) is 1. The molecule has 4 heterocycles. The number of likely N-dealkylation sites (tertiary alicyclic amines) is 1. The molecule has 1 spiro atoms. The van der Waals surface area contributed by atoms with Gasteiger partial charge in [-0.3, -0.25) is 0 Å². The molecule has 1 N–H and O–H groups in total. The first-order valence-corrected chi connectivity index (χ1v) is 10.0. The molecule has 1 unspecified atom stereocenters. The highest BCUT2D eigenvalue weighted by Crippen LogP contribution is 2.40. The maximum absolute atomic E-state index is 13.5. The Hall–Kier alpha value is -2.58. The summed E-state index contributed by atoms with van der Waals surface area (Å²) in [6, 6.07) is 4.45. The second-order valence-electron chi connectivity index (χ2n) is 8.04. The second-order valence-corrected chi connectivity index (χ2v) is 8.45. The first-order chi connectivity index (χ1) is 14.0. The van der Waals surface area contributed by atoms with Gasteiger partial charge < -0.3 is 15.1 Å². The third-order valence-corrected chi connectivity index (χ3v) is 6.19. The zero-order valence-electron chi connectivity index (χ0n) is 16.1. The fourth-order valence-electron chi connectivity index (χ4n) is 4.40. The van der Waals surface area contributed by atoms with Gasteiger partial charge in [0.1, 0.15) is 23.2 Å². The lowest BCUT2D eigenvalue weighted by molar-refractivity contribution is 0.312. The zero-order valence-corrected chi connectivity index (χ0v) is 16.8. The quantitative estimate of drug-likeness (QED) is 0.704. The fourth-order valence-corrected chi connectivity index (χ4v) is 4.58. The van der Waals surface area contributed by atoms with E-state index < -0.39 is 5.82 Å². The maximum atomic E-state index is 13.5. The average molecular weight is 414 g/mol. The molecule has 2 fully saturated rings. The number of halogens is 2. The first kappa shape index (κ1) is 18.4. The fraction of sp³-hybridized carbons (Fsp3) is 0.400. The standard InChI is InChI=1S/C20H21ClFN7/c1-28-6-4-20(10-28)5-7-29(11-20)19-23-9-16-17(27-19)18(25-12-24-16)26-13-2-3-15(22)14(21)8-13/h2-3,8-9,12H,4-7,10-11H2,1H3,(H,24,25,26). The minimum absolute atomic E-state index is 0.0487. The third kappa shape index (κ3) is 3.47. The second kappa shape index (κ2) is 7.03. The van der Waals surface area contributed by atoms with E-state index in [0.29, 0.717) is 33.9 Å². The van der Waals surface area contributed by atoms with Crippen LogP contribution in [-0.2, 0) is 0 Å². The van der Waals surface area contributed by atoms with Crippen molar-refractivity contribution in [2.45, 2.75) is 12.8 Å². The predicted octanol–water partition coefficient (Wildman–Crippen LogP) is 3.49. The molecule has 2 saturated heterocycles. The van der Waals surface area contributed by atoms with Gasteiger partial charge in [-0.1, -0.05) is 11.6 Å². The number of fused-ring (bicyclic) bond motifs is 1. The van der Waals surface area contributed by atoms with Crippen LogP contribution in [0.25, 0.3) is 11.0 Å². The van der Waals surface area contributed by atoms with Gasteiger partial charge in [0.05, 0.1) is 11.2 Å². The van der Waals surface area contributed by atoms with Gasteiger partial charge in [0.15, 0.2) is 5.82 Å². The molecule has 29 heavy (non-hydrogen) atoms. The van der Waals surface area contributed by atoms with Crippen molar-refractivity contribution in [3.8, 4) is 0 Å². The molecule has 0 radical (unpaired) electrons. The lowest BCUT2D eigenvalue weighted by atomic mass is 9.86. The van der Waals surface area contributed by atoms with Crippen molar-refractivity contribution < 1.29 is 4.39 Å². The van der Waals surface area contributed by atoms with E-state index in [9.17, 15) is 4.39 Å². The van der Waals surface area contributed by atoms with E-state index in [0.717, 1.165) is 32.6 Å². The number of anilines is 3. The molecule has 1 atom stereocenters. The molecule has 0 bridgehead atoms. The summed E-state index contributed by atoms with van der Waals surface area (Å²) in [5, 5.41) is 3.22. The molecule has 150 valence electrons. The Labute approximate surface area is 172 Å². The van der Waals surface area contributed by atoms with Gasteiger partial charge in [-0.2, -0.15) is 0 Å². The van der Waals surface area contributed by atoms with E-state index in [4.69, 9.17) is 16.6 Å². The molecule has 9 heteroatoms. The largest absolute Gasteiger partial charge is 0.340 e. The average Bonchev–Trinajstić information content (AvgIpc) is 3.30. The Morgan fingerprint density at radius 3 is 2.79 bits per heavy atom. The van der Waals surface area contributed by atoms with Crippen LogP contribution < -0.4 is 10.2 Å². The summed E-state index contributed by atoms with van der Waals surface area (Å²) in [4.78, 5) is 22.6. The lowest BCUT2D eigenvalue weighted by Crippen LogP contribution is -2.30. The van der Waals surface area contributed by atoms with Crippen LogP contribution in [0.3, 0.4) is 0 Å². The number of hydrogen-bond donors (Lipinski definition) is 1. The van der Waals surface area contributed by atoms with Crippen LogP contribution in [0, 0.1) is 11.2 Å². The van der Waals surface area contributed by atoms with E-state index in [1.807, 2.05) is 0 Å². The SMILES string of the molecule is CN1CCC2(CCN(c3ncc4ncnc(Nc5ccc(F)c(Cl)c5)c4n3)C2)C1. The summed E-state index contributed by atoms with van der Waals surface area (Å²) in [5.74, 6) is 0.768. The van der Waals surface area contributed by atoms with Gasteiger partial charge in [-0.25, -0.2) is 24.3 Å². The summed E-state index contributed by atoms with van der Waals surface area (Å²) in [7, 11) is 2.18. The third-order valence-electron chi connectivity index (χ3n) is 5.90. The first-order valence-electron chi connectivity index (χ1n) is 9.65. The van der Waals surface area contributed by atoms with Crippen LogP contribution in [0.2, 0.25) is 5.02 Å². The Morgan fingerprint density at radius 2 is 2.00 bits per heavy atom. The summed E-state index contributed by atoms with van der Waals surface area (Å²) in [5.41, 5.74) is 2.24. The van der Waals surface area contributed by atoms with Gasteiger partial charge in [0.25, 0.3) is 0 Å². The molecule has 5 rings (SSSR count). The van der Waals surface area contributed by atoms with Gasteiger partial charge in [-0.05, 0) is 44.6 Å². The summed E-state index contributed by atoms with van der Waals surface area (Å²) in [6.45, 7) is 4.18.